The van der Waals surface area contributed by atoms with Gasteiger partial charge in [-0.15, -0.1) is 11.3 Å². The van der Waals surface area contributed by atoms with Crippen LogP contribution in [0.4, 0.5) is 5.82 Å². The van der Waals surface area contributed by atoms with E-state index in [4.69, 9.17) is 5.73 Å². The predicted molar refractivity (Wildman–Crippen MR) is 75.3 cm³/mol. The number of nitrogens with one attached hydrogen (secondary N) is 1. The van der Waals surface area contributed by atoms with Gasteiger partial charge in [0, 0.05) is 16.6 Å². The highest BCUT2D eigenvalue weighted by Crippen LogP contribution is 2.26. The van der Waals surface area contributed by atoms with E-state index in [1.807, 2.05) is 58.5 Å². The Labute approximate surface area is 110 Å². The summed E-state index contributed by atoms with van der Waals surface area (Å²) in [5.41, 5.74) is 10.2. The maximum Gasteiger partial charge on any atom is 0.140 e. The fraction of sp³-hybridized carbons (Fsp3) is 0. The molecule has 2 nitrogen and oxygen atoms in total. The van der Waals surface area contributed by atoms with E-state index in [1.165, 1.54) is 0 Å². The lowest BCUT2D eigenvalue weighted by Crippen LogP contribution is -2.30. The van der Waals surface area contributed by atoms with Crippen molar-refractivity contribution in [1.82, 2.24) is 0 Å². The number of aromatic nitrogens is 1. The van der Waals surface area contributed by atoms with Crippen LogP contribution in [0.2, 0.25) is 0 Å². The molecule has 0 saturated heterocycles. The van der Waals surface area contributed by atoms with Crippen LogP contribution in [0.25, 0.3) is 22.0 Å². The molecule has 0 spiro atoms. The van der Waals surface area contributed by atoms with Gasteiger partial charge in [0.15, 0.2) is 0 Å². The lowest BCUT2D eigenvalue weighted by Gasteiger charge is -2.09. The Bertz CT molecular complexity index is 645. The Morgan fingerprint density at radius 1 is 0.833 bits per heavy atom. The lowest BCUT2D eigenvalue weighted by atomic mass is 10.2. The van der Waals surface area contributed by atoms with Gasteiger partial charge < -0.3 is 0 Å². The van der Waals surface area contributed by atoms with E-state index < -0.39 is 0 Å². The highest BCUT2D eigenvalue weighted by Gasteiger charge is 2.10. The molecule has 0 radical (unpaired) electrons. The summed E-state index contributed by atoms with van der Waals surface area (Å²) in [5, 5.41) is 2.96. The number of hydrogen-bond acceptors (Lipinski definition) is 1. The summed E-state index contributed by atoms with van der Waals surface area (Å²) in [5.74, 6) is 0.519. The van der Waals surface area contributed by atoms with Crippen molar-refractivity contribution in [2.24, 2.45) is 0 Å². The third kappa shape index (κ3) is 1.89. The number of benzene rings is 2. The molecule has 0 bridgehead atoms. The minimum Gasteiger partial charge on any atom is -0.285 e. The van der Waals surface area contributed by atoms with Crippen LogP contribution in [0, 0.1) is 0 Å². The van der Waals surface area contributed by atoms with Crippen LogP contribution in [0.15, 0.2) is 66.0 Å². The monoisotopic (exact) mass is 252 g/mol. The molecule has 3 heteroatoms. The first-order chi connectivity index (χ1) is 8.86. The van der Waals surface area contributed by atoms with Crippen molar-refractivity contribution in [2.45, 2.75) is 0 Å². The quantitative estimate of drug-likeness (QED) is 0.606. The molecule has 0 saturated carbocycles. The molecule has 88 valence electrons. The summed E-state index contributed by atoms with van der Waals surface area (Å²) in [6.07, 6.45) is 0. The molecule has 0 unspecified atom stereocenters. The van der Waals surface area contributed by atoms with Gasteiger partial charge in [-0.3, -0.25) is 10.3 Å². The Kier molecular flexibility index (Phi) is 2.82. The average molecular weight is 252 g/mol. The maximum atomic E-state index is 8.05. The van der Waals surface area contributed by atoms with Crippen molar-refractivity contribution in [2.75, 3.05) is 0 Å². The first-order valence-corrected chi connectivity index (χ1v) is 6.60. The smallest absolute Gasteiger partial charge is 0.140 e. The molecule has 1 heterocycles. The summed E-state index contributed by atoms with van der Waals surface area (Å²) in [7, 11) is 0. The van der Waals surface area contributed by atoms with Crippen LogP contribution in [-0.2, 0) is 0 Å². The summed E-state index contributed by atoms with van der Waals surface area (Å²) in [6, 6.07) is 20.2. The molecule has 0 aliphatic carbocycles. The molecule has 0 aliphatic heterocycles. The van der Waals surface area contributed by atoms with Crippen LogP contribution in [0.5, 0.6) is 0 Å². The molecule has 3 rings (SSSR count). The van der Waals surface area contributed by atoms with Gasteiger partial charge in [0.1, 0.15) is 10.8 Å². The van der Waals surface area contributed by atoms with E-state index >= 15 is 0 Å². The molecule has 0 fully saturated rings. The van der Waals surface area contributed by atoms with Crippen molar-refractivity contribution in [3.05, 3.63) is 71.8 Å². The van der Waals surface area contributed by atoms with E-state index in [0.29, 0.717) is 5.82 Å². The molecule has 0 aliphatic rings. The van der Waals surface area contributed by atoms with Gasteiger partial charge in [0.05, 0.1) is 0 Å². The van der Waals surface area contributed by atoms with Gasteiger partial charge in [-0.1, -0.05) is 48.5 Å². The largest absolute Gasteiger partial charge is 0.285 e. The molecule has 0 amide bonds. The SMILES string of the molecule is [NH-]c1csc(-c2ccccc2)[n+]1-c1ccccc1. The van der Waals surface area contributed by atoms with E-state index in [0.717, 1.165) is 16.3 Å². The highest BCUT2D eigenvalue weighted by molar-refractivity contribution is 7.13. The Morgan fingerprint density at radius 3 is 2.11 bits per heavy atom. The van der Waals surface area contributed by atoms with Crippen molar-refractivity contribution < 1.29 is 4.57 Å². The minimum absolute atomic E-state index is 0.519. The number of thiazole rings is 1. The zero-order chi connectivity index (χ0) is 12.4. The first-order valence-electron chi connectivity index (χ1n) is 5.72. The lowest BCUT2D eigenvalue weighted by molar-refractivity contribution is -0.562. The minimum atomic E-state index is 0.519. The van der Waals surface area contributed by atoms with Crippen LogP contribution in [-0.4, -0.2) is 0 Å². The molecule has 3 aromatic rings. The fourth-order valence-electron chi connectivity index (χ4n) is 1.94. The van der Waals surface area contributed by atoms with Crippen molar-refractivity contribution in [3.63, 3.8) is 0 Å². The number of para-hydroxylation sites is 1. The second-order valence-electron chi connectivity index (χ2n) is 3.96. The third-order valence-electron chi connectivity index (χ3n) is 2.76. The van der Waals surface area contributed by atoms with E-state index in [1.54, 1.807) is 11.3 Å². The third-order valence-corrected chi connectivity index (χ3v) is 3.74. The molecular formula is C15H12N2S. The van der Waals surface area contributed by atoms with Gasteiger partial charge >= 0.3 is 0 Å². The Hall–Kier alpha value is -2.13. The second kappa shape index (κ2) is 4.63. The van der Waals surface area contributed by atoms with Crippen LogP contribution in [0.1, 0.15) is 0 Å². The molecule has 18 heavy (non-hydrogen) atoms. The predicted octanol–water partition coefficient (Wildman–Crippen LogP) is 4.38. The van der Waals surface area contributed by atoms with Gasteiger partial charge in [0.2, 0.25) is 0 Å². The normalized spacial score (nSPS) is 10.4. The summed E-state index contributed by atoms with van der Waals surface area (Å²) in [4.78, 5) is 0. The van der Waals surface area contributed by atoms with E-state index in [2.05, 4.69) is 12.1 Å². The second-order valence-corrected chi connectivity index (χ2v) is 4.82. The van der Waals surface area contributed by atoms with Gasteiger partial charge in [-0.25, -0.2) is 0 Å². The van der Waals surface area contributed by atoms with Crippen LogP contribution >= 0.6 is 11.3 Å². The first kappa shape index (κ1) is 11.0. The van der Waals surface area contributed by atoms with Crippen molar-refractivity contribution in [1.29, 1.82) is 0 Å². The molecule has 0 atom stereocenters. The van der Waals surface area contributed by atoms with E-state index in [9.17, 15) is 0 Å². The standard InChI is InChI=1S/C15H12N2S/c16-14-11-18-15(12-7-3-1-4-8-12)17(14)13-9-5-2-6-10-13/h1-11,16H. The van der Waals surface area contributed by atoms with Gasteiger partial charge in [-0.2, -0.15) is 0 Å². The average Bonchev–Trinajstić information content (AvgIpc) is 2.83. The maximum absolute atomic E-state index is 8.05. The zero-order valence-corrected chi connectivity index (χ0v) is 10.5. The van der Waals surface area contributed by atoms with Crippen LogP contribution in [0.3, 0.4) is 0 Å². The number of hydrogen-bond donors (Lipinski definition) is 0. The molecular weight excluding hydrogens is 240 g/mol. The molecule has 1 N–H and O–H groups in total. The van der Waals surface area contributed by atoms with Crippen LogP contribution < -0.4 is 4.57 Å². The summed E-state index contributed by atoms with van der Waals surface area (Å²) >= 11 is 1.60. The van der Waals surface area contributed by atoms with Gasteiger partial charge in [-0.05, 0) is 12.1 Å². The molecule has 2 aromatic carbocycles. The van der Waals surface area contributed by atoms with Crippen molar-refractivity contribution in [3.8, 4) is 16.3 Å². The molecule has 1 aromatic heterocycles. The Morgan fingerprint density at radius 2 is 1.44 bits per heavy atom. The van der Waals surface area contributed by atoms with E-state index in [-0.39, 0.29) is 0 Å². The van der Waals surface area contributed by atoms with Gasteiger partial charge in [0.25, 0.3) is 0 Å². The zero-order valence-electron chi connectivity index (χ0n) is 9.71. The summed E-state index contributed by atoms with van der Waals surface area (Å²) < 4.78 is 1.97. The topological polar surface area (TPSA) is 27.7 Å². The Balaban J connectivity index is 2.19. The fourth-order valence-corrected chi connectivity index (χ4v) is 2.85. The highest BCUT2D eigenvalue weighted by atomic mass is 32.1. The number of rotatable bonds is 2. The summed E-state index contributed by atoms with van der Waals surface area (Å²) in [6.45, 7) is 0. The number of nitrogens with zero attached hydrogens (tertiary/aromatic N) is 1. The van der Waals surface area contributed by atoms with Crippen molar-refractivity contribution >= 4 is 17.2 Å².